The molecule has 0 N–H and O–H groups in total. The smallest absolute Gasteiger partial charge is 0.206 e. The van der Waals surface area contributed by atoms with Gasteiger partial charge in [0.05, 0.1) is 33.2 Å². The zero-order valence-corrected chi connectivity index (χ0v) is 18.6. The number of methoxy groups -OCH3 is 3. The number of hydrogen-bond acceptors (Lipinski definition) is 6. The summed E-state index contributed by atoms with van der Waals surface area (Å²) in [7, 11) is 4.85. The van der Waals surface area contributed by atoms with E-state index in [1.807, 2.05) is 0 Å². The maximum atomic E-state index is 5.85. The number of rotatable bonds is 12. The first kappa shape index (κ1) is 22.0. The van der Waals surface area contributed by atoms with Gasteiger partial charge in [-0.2, -0.15) is 0 Å². The monoisotopic (exact) mass is 534 g/mol. The van der Waals surface area contributed by atoms with Crippen LogP contribution in [0.4, 0.5) is 0 Å². The molecule has 0 spiro atoms. The zero-order chi connectivity index (χ0) is 17.9. The van der Waals surface area contributed by atoms with Gasteiger partial charge in [0.2, 0.25) is 5.75 Å². The molecule has 0 fully saturated rings. The number of halogens is 3. The fourth-order valence-corrected chi connectivity index (χ4v) is 3.28. The maximum Gasteiger partial charge on any atom is 0.206 e. The molecule has 0 saturated heterocycles. The zero-order valence-electron chi connectivity index (χ0n) is 13.8. The van der Waals surface area contributed by atoms with E-state index in [1.54, 1.807) is 21.3 Å². The van der Waals surface area contributed by atoms with Crippen LogP contribution in [0.1, 0.15) is 0 Å². The lowest BCUT2D eigenvalue weighted by atomic mass is 10.3. The van der Waals surface area contributed by atoms with Crippen LogP contribution in [-0.4, -0.2) is 61.0 Å². The summed E-state index contributed by atoms with van der Waals surface area (Å²) in [6, 6.07) is 0. The van der Waals surface area contributed by atoms with Crippen LogP contribution in [0.25, 0.3) is 0 Å². The van der Waals surface area contributed by atoms with Crippen LogP contribution in [0.3, 0.4) is 0 Å². The maximum absolute atomic E-state index is 5.85. The van der Waals surface area contributed by atoms with Crippen LogP contribution in [0, 0.1) is 0 Å². The minimum Gasteiger partial charge on any atom is -0.486 e. The van der Waals surface area contributed by atoms with Gasteiger partial charge >= 0.3 is 0 Å². The van der Waals surface area contributed by atoms with Gasteiger partial charge in [0.1, 0.15) is 19.8 Å². The second kappa shape index (κ2) is 12.3. The van der Waals surface area contributed by atoms with Crippen molar-refractivity contribution in [1.29, 1.82) is 0 Å². The summed E-state index contributed by atoms with van der Waals surface area (Å²) in [6.45, 7) is 2.47. The van der Waals surface area contributed by atoms with Crippen molar-refractivity contribution in [2.24, 2.45) is 0 Å². The number of ether oxygens (including phenoxy) is 6. The molecule has 138 valence electrons. The van der Waals surface area contributed by atoms with Crippen LogP contribution in [0.15, 0.2) is 13.4 Å². The van der Waals surface area contributed by atoms with Crippen LogP contribution in [0.2, 0.25) is 0 Å². The molecule has 6 nitrogen and oxygen atoms in total. The van der Waals surface area contributed by atoms with Crippen molar-refractivity contribution in [2.75, 3.05) is 61.0 Å². The molecule has 0 amide bonds. The van der Waals surface area contributed by atoms with E-state index in [0.717, 1.165) is 13.4 Å². The lowest BCUT2D eigenvalue weighted by molar-refractivity contribution is 0.122. The van der Waals surface area contributed by atoms with Gasteiger partial charge in [-0.1, -0.05) is 0 Å². The Morgan fingerprint density at radius 3 is 1.17 bits per heavy atom. The van der Waals surface area contributed by atoms with Crippen molar-refractivity contribution in [3.63, 3.8) is 0 Å². The second-order valence-corrected chi connectivity index (χ2v) is 6.83. The molecule has 0 saturated carbocycles. The molecule has 0 bridgehead atoms. The van der Waals surface area contributed by atoms with E-state index in [4.69, 9.17) is 28.4 Å². The Kier molecular flexibility index (Phi) is 11.3. The van der Waals surface area contributed by atoms with Crippen LogP contribution in [-0.2, 0) is 14.2 Å². The molecule has 1 aromatic carbocycles. The highest BCUT2D eigenvalue weighted by Gasteiger charge is 2.24. The van der Waals surface area contributed by atoms with Crippen molar-refractivity contribution >= 4 is 47.8 Å². The second-order valence-electron chi connectivity index (χ2n) is 4.45. The Labute approximate surface area is 167 Å². The number of benzene rings is 1. The normalized spacial score (nSPS) is 10.8. The average Bonchev–Trinajstić information content (AvgIpc) is 2.58. The predicted octanol–water partition coefficient (Wildman–Crippen LogP) is 4.05. The Balaban J connectivity index is 3.19. The quantitative estimate of drug-likeness (QED) is 0.297. The highest BCUT2D eigenvalue weighted by Crippen LogP contribution is 2.52. The molecule has 0 radical (unpaired) electrons. The molecule has 0 aromatic heterocycles. The minimum atomic E-state index is 0.359. The van der Waals surface area contributed by atoms with Crippen molar-refractivity contribution in [1.82, 2.24) is 0 Å². The Morgan fingerprint density at radius 2 is 0.833 bits per heavy atom. The summed E-state index contributed by atoms with van der Waals surface area (Å²) >= 11 is 10.6. The molecule has 0 unspecified atom stereocenters. The molecule has 0 heterocycles. The highest BCUT2D eigenvalue weighted by atomic mass is 79.9. The van der Waals surface area contributed by atoms with Gasteiger partial charge in [-0.25, -0.2) is 0 Å². The van der Waals surface area contributed by atoms with Crippen LogP contribution < -0.4 is 14.2 Å². The molecular formula is C15H21Br3O6. The van der Waals surface area contributed by atoms with Crippen molar-refractivity contribution < 1.29 is 28.4 Å². The molecule has 0 aliphatic heterocycles. The average molecular weight is 537 g/mol. The predicted molar refractivity (Wildman–Crippen MR) is 102 cm³/mol. The third kappa shape index (κ3) is 6.34. The molecule has 0 aliphatic rings. The molecule has 0 aliphatic carbocycles. The Morgan fingerprint density at radius 1 is 0.500 bits per heavy atom. The third-order valence-electron chi connectivity index (χ3n) is 2.80. The van der Waals surface area contributed by atoms with Gasteiger partial charge in [-0.15, -0.1) is 0 Å². The Bertz CT molecular complexity index is 475. The SMILES string of the molecule is COCCOc1c(Br)c(Br)c(Br)c(OCCOC)c1OCCOC. The third-order valence-corrected chi connectivity index (χ3v) is 6.17. The summed E-state index contributed by atoms with van der Waals surface area (Å²) < 4.78 is 34.8. The van der Waals surface area contributed by atoms with E-state index >= 15 is 0 Å². The van der Waals surface area contributed by atoms with Gasteiger partial charge in [-0.3, -0.25) is 0 Å². The molecule has 1 aromatic rings. The van der Waals surface area contributed by atoms with Gasteiger partial charge in [0.25, 0.3) is 0 Å². The van der Waals surface area contributed by atoms with Crippen LogP contribution in [0.5, 0.6) is 17.2 Å². The van der Waals surface area contributed by atoms with Crippen molar-refractivity contribution in [2.45, 2.75) is 0 Å². The summed E-state index contributed by atoms with van der Waals surface area (Å²) in [5.74, 6) is 1.55. The van der Waals surface area contributed by atoms with Gasteiger partial charge in [-0.05, 0) is 47.8 Å². The van der Waals surface area contributed by atoms with Gasteiger partial charge in [0.15, 0.2) is 11.5 Å². The summed E-state index contributed by atoms with van der Waals surface area (Å²) in [4.78, 5) is 0. The van der Waals surface area contributed by atoms with E-state index in [1.165, 1.54) is 0 Å². The first-order valence-corrected chi connectivity index (χ1v) is 9.52. The minimum absolute atomic E-state index is 0.359. The fraction of sp³-hybridized carbons (Fsp3) is 0.600. The fourth-order valence-electron chi connectivity index (χ4n) is 1.67. The first-order chi connectivity index (χ1) is 11.6. The first-order valence-electron chi connectivity index (χ1n) is 7.14. The summed E-state index contributed by atoms with van der Waals surface area (Å²) in [5, 5.41) is 0. The van der Waals surface area contributed by atoms with E-state index in [2.05, 4.69) is 47.8 Å². The van der Waals surface area contributed by atoms with Crippen molar-refractivity contribution in [3.8, 4) is 17.2 Å². The lowest BCUT2D eigenvalue weighted by Crippen LogP contribution is -2.12. The molecule has 0 atom stereocenters. The standard InChI is InChI=1S/C15H21Br3O6/c1-19-4-7-22-13-11(17)10(16)12(18)14(23-8-5-20-2)15(13)24-9-6-21-3/h4-9H2,1-3H3. The summed E-state index contributed by atoms with van der Waals surface area (Å²) in [6.07, 6.45) is 0. The van der Waals surface area contributed by atoms with E-state index in [-0.39, 0.29) is 0 Å². The summed E-state index contributed by atoms with van der Waals surface area (Å²) in [5.41, 5.74) is 0. The van der Waals surface area contributed by atoms with E-state index in [0.29, 0.717) is 56.9 Å². The lowest BCUT2D eigenvalue weighted by Gasteiger charge is -2.20. The largest absolute Gasteiger partial charge is 0.486 e. The molecule has 24 heavy (non-hydrogen) atoms. The molecule has 9 heteroatoms. The van der Waals surface area contributed by atoms with Gasteiger partial charge < -0.3 is 28.4 Å². The topological polar surface area (TPSA) is 55.4 Å². The van der Waals surface area contributed by atoms with E-state index in [9.17, 15) is 0 Å². The molecule has 1 rings (SSSR count). The van der Waals surface area contributed by atoms with Gasteiger partial charge in [0, 0.05) is 21.3 Å². The van der Waals surface area contributed by atoms with Crippen LogP contribution >= 0.6 is 47.8 Å². The van der Waals surface area contributed by atoms with E-state index < -0.39 is 0 Å². The Hall–Kier alpha value is -0.0600. The van der Waals surface area contributed by atoms with Crippen molar-refractivity contribution in [3.05, 3.63) is 13.4 Å². The molecular weight excluding hydrogens is 516 g/mol. The highest BCUT2D eigenvalue weighted by molar-refractivity contribution is 9.14. The number of hydrogen-bond donors (Lipinski definition) is 0.